The molecule has 1 atom stereocenters. The molecule has 148 valence electrons. The van der Waals surface area contributed by atoms with E-state index in [-0.39, 0.29) is 17.7 Å². The number of nitrogens with zero attached hydrogens (tertiary/aromatic N) is 2. The van der Waals surface area contributed by atoms with Gasteiger partial charge in [0.2, 0.25) is 0 Å². The van der Waals surface area contributed by atoms with Gasteiger partial charge in [-0.05, 0) is 25.0 Å². The summed E-state index contributed by atoms with van der Waals surface area (Å²) < 4.78 is 7.82. The summed E-state index contributed by atoms with van der Waals surface area (Å²) in [4.78, 5) is 34.3. The van der Waals surface area contributed by atoms with Gasteiger partial charge in [0.15, 0.2) is 0 Å². The van der Waals surface area contributed by atoms with Crippen LogP contribution in [0.15, 0.2) is 46.0 Å². The number of nitrogens with one attached hydrogen (secondary N) is 1. The predicted octanol–water partition coefficient (Wildman–Crippen LogP) is 3.59. The van der Waals surface area contributed by atoms with E-state index in [1.54, 1.807) is 0 Å². The number of aromatic amines is 1. The first kappa shape index (κ1) is 18.3. The Morgan fingerprint density at radius 3 is 2.83 bits per heavy atom. The Balaban J connectivity index is 1.67. The largest absolute Gasteiger partial charge is 0.370 e. The third-order valence-electron chi connectivity index (χ3n) is 5.82. The number of ether oxygens (including phenoxy) is 1. The van der Waals surface area contributed by atoms with Crippen molar-refractivity contribution in [1.82, 2.24) is 14.5 Å². The molecule has 0 amide bonds. The highest BCUT2D eigenvalue weighted by molar-refractivity contribution is 7.25. The molecule has 0 radical (unpaired) electrons. The van der Waals surface area contributed by atoms with Gasteiger partial charge in [-0.3, -0.25) is 9.36 Å². The quantitative estimate of drug-likeness (QED) is 0.563. The van der Waals surface area contributed by atoms with Crippen LogP contribution in [-0.4, -0.2) is 20.1 Å². The average Bonchev–Trinajstić information content (AvgIpc) is 3.07. The van der Waals surface area contributed by atoms with Crippen molar-refractivity contribution < 1.29 is 4.74 Å². The van der Waals surface area contributed by atoms with Crippen LogP contribution in [0.2, 0.25) is 0 Å². The monoisotopic (exact) mass is 407 g/mol. The Labute approximate surface area is 170 Å². The predicted molar refractivity (Wildman–Crippen MR) is 115 cm³/mol. The van der Waals surface area contributed by atoms with Crippen molar-refractivity contribution >= 4 is 31.8 Å². The molecule has 4 aromatic rings. The van der Waals surface area contributed by atoms with Crippen molar-refractivity contribution in [2.45, 2.75) is 45.4 Å². The lowest BCUT2D eigenvalue weighted by atomic mass is 9.91. The van der Waals surface area contributed by atoms with Crippen LogP contribution < -0.4 is 11.2 Å². The van der Waals surface area contributed by atoms with E-state index in [0.29, 0.717) is 16.8 Å². The number of hydrogen-bond acceptors (Lipinski definition) is 5. The third kappa shape index (κ3) is 3.01. The van der Waals surface area contributed by atoms with Gasteiger partial charge in [-0.1, -0.05) is 37.3 Å². The standard InChI is InChI=1S/C22H21N3O3S/c1-3-22(2)10-16-14(12-28-22)9-15-17-18(29-19(15)23-16)20(26)25(21(27)24-17)11-13-7-5-4-6-8-13/h4-9H,3,10-12H2,1-2H3,(H,24,27)/t22-/m0/s1. The van der Waals surface area contributed by atoms with Crippen LogP contribution in [0.1, 0.15) is 37.1 Å². The maximum absolute atomic E-state index is 13.1. The fraction of sp³-hybridized carbons (Fsp3) is 0.318. The van der Waals surface area contributed by atoms with E-state index in [4.69, 9.17) is 9.72 Å². The Morgan fingerprint density at radius 2 is 2.07 bits per heavy atom. The van der Waals surface area contributed by atoms with Gasteiger partial charge in [-0.25, -0.2) is 9.78 Å². The van der Waals surface area contributed by atoms with Crippen molar-refractivity contribution in [1.29, 1.82) is 0 Å². The van der Waals surface area contributed by atoms with E-state index >= 15 is 0 Å². The zero-order valence-corrected chi connectivity index (χ0v) is 17.1. The summed E-state index contributed by atoms with van der Waals surface area (Å²) in [6.45, 7) is 4.95. The van der Waals surface area contributed by atoms with Gasteiger partial charge in [0.05, 0.1) is 30.0 Å². The topological polar surface area (TPSA) is 77.0 Å². The van der Waals surface area contributed by atoms with E-state index < -0.39 is 5.69 Å². The Hall–Kier alpha value is -2.77. The molecule has 0 spiro atoms. The van der Waals surface area contributed by atoms with Crippen LogP contribution in [-0.2, 0) is 24.3 Å². The molecule has 0 bridgehead atoms. The molecule has 4 heterocycles. The number of hydrogen-bond donors (Lipinski definition) is 1. The maximum atomic E-state index is 13.1. The highest BCUT2D eigenvalue weighted by atomic mass is 32.1. The lowest BCUT2D eigenvalue weighted by molar-refractivity contribution is -0.0573. The molecule has 5 rings (SSSR count). The van der Waals surface area contributed by atoms with Crippen LogP contribution in [0, 0.1) is 0 Å². The summed E-state index contributed by atoms with van der Waals surface area (Å²) in [7, 11) is 0. The number of fused-ring (bicyclic) bond motifs is 4. The molecule has 1 aromatic carbocycles. The Morgan fingerprint density at radius 1 is 1.28 bits per heavy atom. The fourth-order valence-corrected chi connectivity index (χ4v) is 4.92. The number of rotatable bonds is 3. The van der Waals surface area contributed by atoms with Crippen LogP contribution in [0.5, 0.6) is 0 Å². The molecule has 0 saturated heterocycles. The highest BCUT2D eigenvalue weighted by Gasteiger charge is 2.31. The molecule has 1 N–H and O–H groups in total. The van der Waals surface area contributed by atoms with Gasteiger partial charge in [0.25, 0.3) is 5.56 Å². The van der Waals surface area contributed by atoms with Crippen LogP contribution in [0.25, 0.3) is 20.4 Å². The van der Waals surface area contributed by atoms with Gasteiger partial charge in [0, 0.05) is 17.4 Å². The summed E-state index contributed by atoms with van der Waals surface area (Å²) in [5.74, 6) is 0. The van der Waals surface area contributed by atoms with Gasteiger partial charge in [-0.15, -0.1) is 11.3 Å². The number of aromatic nitrogens is 3. The second kappa shape index (κ2) is 6.64. The summed E-state index contributed by atoms with van der Waals surface area (Å²) in [5, 5.41) is 0.813. The van der Waals surface area contributed by atoms with E-state index in [1.165, 1.54) is 15.9 Å². The van der Waals surface area contributed by atoms with Gasteiger partial charge in [-0.2, -0.15) is 0 Å². The summed E-state index contributed by atoms with van der Waals surface area (Å²) in [6.07, 6.45) is 1.66. The molecular formula is C22H21N3O3S. The number of H-pyrrole nitrogens is 1. The molecule has 1 aliphatic heterocycles. The van der Waals surface area contributed by atoms with E-state index in [2.05, 4.69) is 18.8 Å². The Kier molecular flexibility index (Phi) is 4.18. The molecule has 3 aromatic heterocycles. The SMILES string of the molecule is CC[C@@]1(C)Cc2nc3sc4c(=O)n(Cc5ccccc5)c(=O)[nH]c4c3cc2CO1. The van der Waals surface area contributed by atoms with E-state index in [0.717, 1.165) is 39.9 Å². The second-order valence-corrected chi connectivity index (χ2v) is 8.83. The van der Waals surface area contributed by atoms with Crippen molar-refractivity contribution in [2.24, 2.45) is 0 Å². The minimum atomic E-state index is -0.404. The van der Waals surface area contributed by atoms with Gasteiger partial charge in [0.1, 0.15) is 9.53 Å². The lowest BCUT2D eigenvalue weighted by Crippen LogP contribution is -2.35. The highest BCUT2D eigenvalue weighted by Crippen LogP contribution is 2.35. The Bertz CT molecular complexity index is 1350. The zero-order chi connectivity index (χ0) is 20.2. The van der Waals surface area contributed by atoms with E-state index in [9.17, 15) is 9.59 Å². The van der Waals surface area contributed by atoms with Crippen LogP contribution in [0.4, 0.5) is 0 Å². The zero-order valence-electron chi connectivity index (χ0n) is 16.3. The van der Waals surface area contributed by atoms with Crippen molar-refractivity contribution in [3.05, 3.63) is 74.1 Å². The van der Waals surface area contributed by atoms with Gasteiger partial charge >= 0.3 is 5.69 Å². The smallest absolute Gasteiger partial charge is 0.329 e. The molecule has 6 nitrogen and oxygen atoms in total. The van der Waals surface area contributed by atoms with Gasteiger partial charge < -0.3 is 9.72 Å². The third-order valence-corrected chi connectivity index (χ3v) is 6.90. The lowest BCUT2D eigenvalue weighted by Gasteiger charge is -2.33. The second-order valence-electron chi connectivity index (χ2n) is 7.83. The minimum Gasteiger partial charge on any atom is -0.370 e. The minimum absolute atomic E-state index is 0.207. The fourth-order valence-electron chi connectivity index (χ4n) is 3.84. The molecule has 1 aliphatic rings. The summed E-state index contributed by atoms with van der Waals surface area (Å²) in [6, 6.07) is 11.5. The normalized spacial score (nSPS) is 19.0. The molecule has 7 heteroatoms. The van der Waals surface area contributed by atoms with E-state index in [1.807, 2.05) is 36.4 Å². The molecular weight excluding hydrogens is 386 g/mol. The number of benzene rings is 1. The van der Waals surface area contributed by atoms with Crippen molar-refractivity contribution in [3.8, 4) is 0 Å². The molecule has 0 unspecified atom stereocenters. The molecule has 0 fully saturated rings. The summed E-state index contributed by atoms with van der Waals surface area (Å²) in [5.41, 5.74) is 2.64. The van der Waals surface area contributed by atoms with Crippen LogP contribution in [0.3, 0.4) is 0 Å². The van der Waals surface area contributed by atoms with Crippen molar-refractivity contribution in [2.75, 3.05) is 0 Å². The molecule has 0 aliphatic carbocycles. The van der Waals surface area contributed by atoms with Crippen molar-refractivity contribution in [3.63, 3.8) is 0 Å². The first-order chi connectivity index (χ1) is 14.0. The summed E-state index contributed by atoms with van der Waals surface area (Å²) >= 11 is 1.35. The molecule has 29 heavy (non-hydrogen) atoms. The first-order valence-corrected chi connectivity index (χ1v) is 10.5. The maximum Gasteiger partial charge on any atom is 0.329 e. The first-order valence-electron chi connectivity index (χ1n) is 9.73. The number of pyridine rings is 1. The molecule has 0 saturated carbocycles. The number of thiophene rings is 1. The average molecular weight is 407 g/mol. The van der Waals surface area contributed by atoms with Crippen LogP contribution >= 0.6 is 11.3 Å².